The molecule has 3 heterocycles. The predicted molar refractivity (Wildman–Crippen MR) is 122 cm³/mol. The summed E-state index contributed by atoms with van der Waals surface area (Å²) >= 11 is 0. The van der Waals surface area contributed by atoms with Gasteiger partial charge in [0, 0.05) is 45.8 Å². The minimum absolute atomic E-state index is 0.130. The average molecular weight is 425 g/mol. The van der Waals surface area contributed by atoms with E-state index >= 15 is 0 Å². The van der Waals surface area contributed by atoms with E-state index in [-0.39, 0.29) is 11.9 Å². The van der Waals surface area contributed by atoms with Gasteiger partial charge < -0.3 is 20.3 Å². The topological polar surface area (TPSA) is 87.8 Å². The van der Waals surface area contributed by atoms with Crippen molar-refractivity contribution < 1.29 is 9.53 Å². The van der Waals surface area contributed by atoms with Crippen LogP contribution in [-0.4, -0.2) is 66.7 Å². The highest BCUT2D eigenvalue weighted by atomic mass is 16.5. The van der Waals surface area contributed by atoms with E-state index in [2.05, 4.69) is 48.9 Å². The van der Waals surface area contributed by atoms with Crippen LogP contribution in [0.4, 0.5) is 17.3 Å². The number of esters is 1. The number of rotatable bonds is 6. The van der Waals surface area contributed by atoms with E-state index in [9.17, 15) is 4.79 Å². The summed E-state index contributed by atoms with van der Waals surface area (Å²) in [5.74, 6) is 1.26. The number of hydrogen-bond acceptors (Lipinski definition) is 8. The first-order valence-corrected chi connectivity index (χ1v) is 11.2. The van der Waals surface area contributed by atoms with E-state index in [0.29, 0.717) is 18.8 Å². The molecule has 1 aromatic carbocycles. The highest BCUT2D eigenvalue weighted by Crippen LogP contribution is 2.32. The van der Waals surface area contributed by atoms with Gasteiger partial charge in [-0.2, -0.15) is 0 Å². The molecule has 2 aliphatic rings. The van der Waals surface area contributed by atoms with Crippen molar-refractivity contribution in [2.45, 2.75) is 26.3 Å². The lowest BCUT2D eigenvalue weighted by Gasteiger charge is -2.37. The number of piperazine rings is 1. The quantitative estimate of drug-likeness (QED) is 0.706. The van der Waals surface area contributed by atoms with E-state index in [1.54, 1.807) is 6.33 Å². The van der Waals surface area contributed by atoms with Gasteiger partial charge in [0.2, 0.25) is 0 Å². The maximum atomic E-state index is 12.2. The van der Waals surface area contributed by atoms with Crippen LogP contribution in [0.15, 0.2) is 36.7 Å². The summed E-state index contributed by atoms with van der Waals surface area (Å²) in [6.07, 6.45) is 3.35. The zero-order valence-electron chi connectivity index (χ0n) is 18.2. The van der Waals surface area contributed by atoms with E-state index in [1.807, 2.05) is 13.0 Å². The Hall–Kier alpha value is -2.87. The Labute approximate surface area is 184 Å². The van der Waals surface area contributed by atoms with Gasteiger partial charge in [-0.15, -0.1) is 0 Å². The highest BCUT2D eigenvalue weighted by Gasteiger charge is 2.30. The van der Waals surface area contributed by atoms with Crippen LogP contribution in [0, 0.1) is 5.92 Å². The summed E-state index contributed by atoms with van der Waals surface area (Å²) in [6.45, 7) is 8.30. The second-order valence-corrected chi connectivity index (χ2v) is 8.22. The lowest BCUT2D eigenvalue weighted by Crippen LogP contribution is -2.46. The molecule has 166 valence electrons. The molecule has 8 heteroatoms. The van der Waals surface area contributed by atoms with Crippen LogP contribution < -0.4 is 15.5 Å². The Balaban J connectivity index is 1.40. The van der Waals surface area contributed by atoms with Crippen molar-refractivity contribution in [3.8, 4) is 0 Å². The van der Waals surface area contributed by atoms with E-state index in [4.69, 9.17) is 10.5 Å². The lowest BCUT2D eigenvalue weighted by molar-refractivity contribution is -0.148. The van der Waals surface area contributed by atoms with Crippen molar-refractivity contribution in [2.75, 3.05) is 61.4 Å². The van der Waals surface area contributed by atoms with Gasteiger partial charge in [-0.25, -0.2) is 9.97 Å². The minimum atomic E-state index is -0.131. The van der Waals surface area contributed by atoms with Crippen molar-refractivity contribution in [1.82, 2.24) is 14.9 Å². The molecule has 1 aromatic heterocycles. The number of aromatic nitrogens is 2. The second-order valence-electron chi connectivity index (χ2n) is 8.22. The molecule has 1 atom stereocenters. The zero-order valence-corrected chi connectivity index (χ0v) is 18.2. The molecule has 31 heavy (non-hydrogen) atoms. The number of nitrogens with zero attached hydrogens (tertiary/aromatic N) is 5. The Bertz CT molecular complexity index is 870. The van der Waals surface area contributed by atoms with Crippen LogP contribution in [-0.2, 0) is 16.1 Å². The van der Waals surface area contributed by atoms with Crippen molar-refractivity contribution in [3.05, 3.63) is 42.2 Å². The number of hydrogen-bond donors (Lipinski definition) is 1. The number of ether oxygens (including phenoxy) is 1. The molecule has 0 bridgehead atoms. The first kappa shape index (κ1) is 21.4. The number of nitrogen functional groups attached to an aromatic ring is 1. The molecule has 4 rings (SSSR count). The smallest absolute Gasteiger partial charge is 0.310 e. The van der Waals surface area contributed by atoms with Gasteiger partial charge in [-0.1, -0.05) is 30.3 Å². The molecule has 0 radical (unpaired) electrons. The number of piperidine rings is 1. The molecular weight excluding hydrogens is 392 g/mol. The van der Waals surface area contributed by atoms with Crippen LogP contribution in [0.3, 0.4) is 0 Å². The average Bonchev–Trinajstić information content (AvgIpc) is 2.81. The van der Waals surface area contributed by atoms with Crippen molar-refractivity contribution >= 4 is 23.3 Å². The Morgan fingerprint density at radius 3 is 2.48 bits per heavy atom. The Morgan fingerprint density at radius 1 is 1.06 bits per heavy atom. The molecule has 2 fully saturated rings. The third-order valence-electron chi connectivity index (χ3n) is 6.10. The van der Waals surface area contributed by atoms with Crippen LogP contribution in [0.2, 0.25) is 0 Å². The van der Waals surface area contributed by atoms with Crippen LogP contribution in [0.25, 0.3) is 0 Å². The van der Waals surface area contributed by atoms with Crippen molar-refractivity contribution in [1.29, 1.82) is 0 Å². The maximum Gasteiger partial charge on any atom is 0.310 e. The predicted octanol–water partition coefficient (Wildman–Crippen LogP) is 2.16. The third-order valence-corrected chi connectivity index (χ3v) is 6.10. The normalized spacial score (nSPS) is 20.0. The molecular formula is C23H32N6O2. The number of anilines is 3. The molecule has 2 aliphatic heterocycles. The van der Waals surface area contributed by atoms with Gasteiger partial charge in [0.1, 0.15) is 12.0 Å². The van der Waals surface area contributed by atoms with Crippen LogP contribution in [0.1, 0.15) is 25.3 Å². The van der Waals surface area contributed by atoms with Crippen LogP contribution in [0.5, 0.6) is 0 Å². The molecule has 0 aliphatic carbocycles. The summed E-state index contributed by atoms with van der Waals surface area (Å²) in [7, 11) is 0. The van der Waals surface area contributed by atoms with E-state index < -0.39 is 0 Å². The Kier molecular flexibility index (Phi) is 6.86. The van der Waals surface area contributed by atoms with Crippen molar-refractivity contribution in [3.63, 3.8) is 0 Å². The van der Waals surface area contributed by atoms with Crippen LogP contribution >= 0.6 is 0 Å². The van der Waals surface area contributed by atoms with Gasteiger partial charge >= 0.3 is 5.97 Å². The molecule has 0 spiro atoms. The highest BCUT2D eigenvalue weighted by molar-refractivity contribution is 5.78. The number of carbonyl (C=O) groups excluding carboxylic acids is 1. The lowest BCUT2D eigenvalue weighted by atomic mass is 9.98. The van der Waals surface area contributed by atoms with E-state index in [0.717, 1.165) is 63.7 Å². The molecule has 2 saturated heterocycles. The molecule has 2 aromatic rings. The number of nitrogens with two attached hydrogens (primary N) is 1. The fourth-order valence-corrected chi connectivity index (χ4v) is 4.46. The number of carbonyl (C=O) groups is 1. The standard InChI is InChI=1S/C23H32N6O2/c1-2-31-23(30)19-9-6-10-29(16-19)22-20(24)21(25-17-26-22)28-13-11-27(12-14-28)15-18-7-4-3-5-8-18/h3-5,7-8,17,19H,2,6,9-16,24H2,1H3. The second kappa shape index (κ2) is 9.96. The Morgan fingerprint density at radius 2 is 1.77 bits per heavy atom. The van der Waals surface area contributed by atoms with Gasteiger partial charge in [0.15, 0.2) is 11.6 Å². The van der Waals surface area contributed by atoms with Gasteiger partial charge in [0.05, 0.1) is 12.5 Å². The zero-order chi connectivity index (χ0) is 21.6. The first-order chi connectivity index (χ1) is 15.2. The fourth-order valence-electron chi connectivity index (χ4n) is 4.46. The monoisotopic (exact) mass is 424 g/mol. The first-order valence-electron chi connectivity index (χ1n) is 11.2. The SMILES string of the molecule is CCOC(=O)C1CCCN(c2ncnc(N3CCN(Cc4ccccc4)CC3)c2N)C1. The third kappa shape index (κ3) is 5.07. The fraction of sp³-hybridized carbons (Fsp3) is 0.522. The molecule has 2 N–H and O–H groups in total. The summed E-state index contributed by atoms with van der Waals surface area (Å²) < 4.78 is 5.22. The van der Waals surface area contributed by atoms with Gasteiger partial charge in [-0.05, 0) is 25.3 Å². The summed E-state index contributed by atoms with van der Waals surface area (Å²) in [4.78, 5) is 28.0. The largest absolute Gasteiger partial charge is 0.466 e. The molecule has 8 nitrogen and oxygen atoms in total. The summed E-state index contributed by atoms with van der Waals surface area (Å²) in [5, 5.41) is 0. The van der Waals surface area contributed by atoms with E-state index in [1.165, 1.54) is 5.56 Å². The summed E-state index contributed by atoms with van der Waals surface area (Å²) in [6, 6.07) is 10.6. The summed E-state index contributed by atoms with van der Waals surface area (Å²) in [5.41, 5.74) is 8.48. The van der Waals surface area contributed by atoms with Gasteiger partial charge in [0.25, 0.3) is 0 Å². The molecule has 0 amide bonds. The number of benzene rings is 1. The minimum Gasteiger partial charge on any atom is -0.466 e. The molecule has 0 saturated carbocycles. The van der Waals surface area contributed by atoms with Gasteiger partial charge in [-0.3, -0.25) is 9.69 Å². The maximum absolute atomic E-state index is 12.2. The van der Waals surface area contributed by atoms with Crippen molar-refractivity contribution in [2.24, 2.45) is 5.92 Å². The molecule has 1 unspecified atom stereocenters.